The van der Waals surface area contributed by atoms with Crippen LogP contribution in [0.2, 0.25) is 0 Å². The van der Waals surface area contributed by atoms with Crippen LogP contribution in [0.5, 0.6) is 5.75 Å². The lowest BCUT2D eigenvalue weighted by atomic mass is 10.0. The number of carbonyl (C=O) groups is 1. The molecule has 4 nitrogen and oxygen atoms in total. The molecule has 2 N–H and O–H groups in total. The molecule has 2 rings (SSSR count). The SMILES string of the molecule is CCCCCCCCCCCCCCCCNCC(=O)Nc1ccc(OCCCc2ccccc2)cc1. The number of anilines is 1. The summed E-state index contributed by atoms with van der Waals surface area (Å²) in [7, 11) is 0. The number of benzene rings is 2. The van der Waals surface area contributed by atoms with Gasteiger partial charge in [-0.1, -0.05) is 121 Å². The summed E-state index contributed by atoms with van der Waals surface area (Å²) >= 11 is 0. The largest absolute Gasteiger partial charge is 0.494 e. The second-order valence-corrected chi connectivity index (χ2v) is 10.3. The fraction of sp³-hybridized carbons (Fsp3) is 0.606. The van der Waals surface area contributed by atoms with Gasteiger partial charge < -0.3 is 15.4 Å². The lowest BCUT2D eigenvalue weighted by Gasteiger charge is -2.09. The summed E-state index contributed by atoms with van der Waals surface area (Å²) in [5, 5.41) is 6.22. The van der Waals surface area contributed by atoms with Crippen LogP contribution in [0.4, 0.5) is 5.69 Å². The molecule has 0 spiro atoms. The predicted octanol–water partition coefficient (Wildman–Crippen LogP) is 8.71. The Hall–Kier alpha value is -2.33. The maximum Gasteiger partial charge on any atom is 0.238 e. The van der Waals surface area contributed by atoms with Crippen LogP contribution in [0.3, 0.4) is 0 Å². The summed E-state index contributed by atoms with van der Waals surface area (Å²) in [4.78, 5) is 12.2. The van der Waals surface area contributed by atoms with Crippen LogP contribution in [-0.4, -0.2) is 25.6 Å². The predicted molar refractivity (Wildman–Crippen MR) is 159 cm³/mol. The summed E-state index contributed by atoms with van der Waals surface area (Å²) in [5.74, 6) is 0.837. The number of carbonyl (C=O) groups excluding carboxylic acids is 1. The van der Waals surface area contributed by atoms with Crippen molar-refractivity contribution >= 4 is 11.6 Å². The molecule has 0 aliphatic rings. The van der Waals surface area contributed by atoms with Crippen molar-refractivity contribution < 1.29 is 9.53 Å². The number of hydrogen-bond donors (Lipinski definition) is 2. The van der Waals surface area contributed by atoms with Crippen LogP contribution in [0.15, 0.2) is 54.6 Å². The maximum atomic E-state index is 12.2. The first-order valence-electron chi connectivity index (χ1n) is 15.1. The van der Waals surface area contributed by atoms with Gasteiger partial charge in [0.25, 0.3) is 0 Å². The Bertz CT molecular complexity index is 792. The molecule has 0 fully saturated rings. The van der Waals surface area contributed by atoms with Gasteiger partial charge in [-0.3, -0.25) is 4.79 Å². The molecule has 2 aromatic rings. The van der Waals surface area contributed by atoms with Gasteiger partial charge in [-0.2, -0.15) is 0 Å². The van der Waals surface area contributed by atoms with Gasteiger partial charge in [0.1, 0.15) is 5.75 Å². The summed E-state index contributed by atoms with van der Waals surface area (Å²) in [6.07, 6.45) is 21.1. The van der Waals surface area contributed by atoms with Crippen molar-refractivity contribution in [2.75, 3.05) is 25.0 Å². The second kappa shape index (κ2) is 21.7. The first-order valence-corrected chi connectivity index (χ1v) is 15.1. The van der Waals surface area contributed by atoms with Gasteiger partial charge >= 0.3 is 0 Å². The summed E-state index contributed by atoms with van der Waals surface area (Å²) in [5.41, 5.74) is 2.14. The molecule has 206 valence electrons. The number of amides is 1. The van der Waals surface area contributed by atoms with Crippen molar-refractivity contribution in [1.29, 1.82) is 0 Å². The quantitative estimate of drug-likeness (QED) is 0.148. The lowest BCUT2D eigenvalue weighted by Crippen LogP contribution is -2.28. The Labute approximate surface area is 227 Å². The fourth-order valence-electron chi connectivity index (χ4n) is 4.60. The molecule has 2 aromatic carbocycles. The van der Waals surface area contributed by atoms with E-state index in [-0.39, 0.29) is 5.91 Å². The third-order valence-corrected chi connectivity index (χ3v) is 6.85. The second-order valence-electron chi connectivity index (χ2n) is 10.3. The van der Waals surface area contributed by atoms with E-state index in [9.17, 15) is 4.79 Å². The highest BCUT2D eigenvalue weighted by Gasteiger charge is 2.03. The van der Waals surface area contributed by atoms with Gasteiger partial charge in [-0.05, 0) is 55.6 Å². The smallest absolute Gasteiger partial charge is 0.238 e. The molecule has 0 heterocycles. The van der Waals surface area contributed by atoms with E-state index in [1.54, 1.807) is 0 Å². The Kier molecular flexibility index (Phi) is 18.1. The standard InChI is InChI=1S/C33H52N2O2/c1-2-3-4-5-6-7-8-9-10-11-12-13-14-18-27-34-29-33(36)35-31-23-25-32(26-24-31)37-28-19-22-30-20-16-15-17-21-30/h15-17,20-21,23-26,34H,2-14,18-19,22,27-29H2,1H3,(H,35,36). The van der Waals surface area contributed by atoms with E-state index in [2.05, 4.69) is 41.8 Å². The van der Waals surface area contributed by atoms with Crippen molar-refractivity contribution in [1.82, 2.24) is 5.32 Å². The minimum Gasteiger partial charge on any atom is -0.494 e. The van der Waals surface area contributed by atoms with E-state index in [0.29, 0.717) is 13.2 Å². The highest BCUT2D eigenvalue weighted by molar-refractivity contribution is 5.92. The van der Waals surface area contributed by atoms with Gasteiger partial charge in [-0.15, -0.1) is 0 Å². The number of aryl methyl sites for hydroxylation is 1. The molecular weight excluding hydrogens is 456 g/mol. The average molecular weight is 509 g/mol. The molecule has 37 heavy (non-hydrogen) atoms. The van der Waals surface area contributed by atoms with Gasteiger partial charge in [-0.25, -0.2) is 0 Å². The monoisotopic (exact) mass is 508 g/mol. The number of unbranched alkanes of at least 4 members (excludes halogenated alkanes) is 13. The Balaban J connectivity index is 1.37. The summed E-state index contributed by atoms with van der Waals surface area (Å²) < 4.78 is 5.83. The maximum absolute atomic E-state index is 12.2. The van der Waals surface area contributed by atoms with Crippen molar-refractivity contribution in [2.45, 2.75) is 110 Å². The zero-order valence-corrected chi connectivity index (χ0v) is 23.4. The Morgan fingerprint density at radius 1 is 0.676 bits per heavy atom. The number of hydrogen-bond acceptors (Lipinski definition) is 3. The molecule has 1 amide bonds. The molecule has 0 saturated heterocycles. The van der Waals surface area contributed by atoms with Gasteiger partial charge in [0.15, 0.2) is 0 Å². The van der Waals surface area contributed by atoms with Gasteiger partial charge in [0.2, 0.25) is 5.91 Å². The zero-order valence-electron chi connectivity index (χ0n) is 23.4. The van der Waals surface area contributed by atoms with E-state index in [1.807, 2.05) is 30.3 Å². The molecule has 0 aliphatic heterocycles. The number of ether oxygens (including phenoxy) is 1. The van der Waals surface area contributed by atoms with Crippen LogP contribution in [0, 0.1) is 0 Å². The summed E-state index contributed by atoms with van der Waals surface area (Å²) in [6.45, 7) is 4.23. The molecule has 0 radical (unpaired) electrons. The molecule has 0 bridgehead atoms. The van der Waals surface area contributed by atoms with Crippen LogP contribution in [-0.2, 0) is 11.2 Å². The van der Waals surface area contributed by atoms with E-state index in [4.69, 9.17) is 4.74 Å². The zero-order chi connectivity index (χ0) is 26.2. The van der Waals surface area contributed by atoms with Crippen molar-refractivity contribution in [3.05, 3.63) is 60.2 Å². The summed E-state index contributed by atoms with van der Waals surface area (Å²) in [6, 6.07) is 18.1. The molecule has 0 aliphatic carbocycles. The number of nitrogens with one attached hydrogen (secondary N) is 2. The molecule has 4 heteroatoms. The highest BCUT2D eigenvalue weighted by Crippen LogP contribution is 2.16. The fourth-order valence-corrected chi connectivity index (χ4v) is 4.60. The minimum atomic E-state index is 0.00175. The van der Waals surface area contributed by atoms with Crippen LogP contribution < -0.4 is 15.4 Å². The van der Waals surface area contributed by atoms with Crippen LogP contribution in [0.1, 0.15) is 109 Å². The Morgan fingerprint density at radius 2 is 1.24 bits per heavy atom. The van der Waals surface area contributed by atoms with E-state index < -0.39 is 0 Å². The molecule has 0 saturated carbocycles. The van der Waals surface area contributed by atoms with Gasteiger partial charge in [0, 0.05) is 5.69 Å². The normalized spacial score (nSPS) is 10.9. The van der Waals surface area contributed by atoms with Crippen LogP contribution >= 0.6 is 0 Å². The Morgan fingerprint density at radius 3 is 1.84 bits per heavy atom. The first kappa shape index (κ1) is 30.9. The van der Waals surface area contributed by atoms with Gasteiger partial charge in [0.05, 0.1) is 13.2 Å². The van der Waals surface area contributed by atoms with E-state index in [1.165, 1.54) is 89.0 Å². The highest BCUT2D eigenvalue weighted by atomic mass is 16.5. The third-order valence-electron chi connectivity index (χ3n) is 6.85. The van der Waals surface area contributed by atoms with E-state index in [0.717, 1.165) is 37.2 Å². The number of rotatable bonds is 23. The van der Waals surface area contributed by atoms with Crippen molar-refractivity contribution in [2.24, 2.45) is 0 Å². The van der Waals surface area contributed by atoms with Crippen molar-refractivity contribution in [3.63, 3.8) is 0 Å². The topological polar surface area (TPSA) is 50.4 Å². The van der Waals surface area contributed by atoms with E-state index >= 15 is 0 Å². The molecule has 0 unspecified atom stereocenters. The molecule has 0 atom stereocenters. The van der Waals surface area contributed by atoms with Crippen molar-refractivity contribution in [3.8, 4) is 5.75 Å². The lowest BCUT2D eigenvalue weighted by molar-refractivity contribution is -0.115. The first-order chi connectivity index (χ1) is 18.3. The average Bonchev–Trinajstić information content (AvgIpc) is 2.92. The van der Waals surface area contributed by atoms with Crippen LogP contribution in [0.25, 0.3) is 0 Å². The third kappa shape index (κ3) is 16.9. The minimum absolute atomic E-state index is 0.00175. The molecular formula is C33H52N2O2. The molecule has 0 aromatic heterocycles.